The van der Waals surface area contributed by atoms with Gasteiger partial charge in [-0.05, 0) is 43.2 Å². The highest BCUT2D eigenvalue weighted by Crippen LogP contribution is 2.28. The highest BCUT2D eigenvalue weighted by atomic mass is 15.3. The maximum atomic E-state index is 5.92. The zero-order valence-electron chi connectivity index (χ0n) is 15.6. The van der Waals surface area contributed by atoms with E-state index < -0.39 is 0 Å². The highest BCUT2D eigenvalue weighted by Gasteiger charge is 2.22. The van der Waals surface area contributed by atoms with Crippen LogP contribution in [0.1, 0.15) is 18.9 Å². The third-order valence-electron chi connectivity index (χ3n) is 5.42. The van der Waals surface area contributed by atoms with E-state index >= 15 is 0 Å². The van der Waals surface area contributed by atoms with Gasteiger partial charge in [-0.3, -0.25) is 9.67 Å². The quantitative estimate of drug-likeness (QED) is 0.554. The number of nitrogens with two attached hydrogens (primary N) is 1. The Kier molecular flexibility index (Phi) is 4.16. The number of fused-ring (bicyclic) bond motifs is 1. The predicted octanol–water partition coefficient (Wildman–Crippen LogP) is 3.92. The van der Waals surface area contributed by atoms with Crippen molar-refractivity contribution in [3.8, 4) is 11.3 Å². The van der Waals surface area contributed by atoms with Crippen LogP contribution in [-0.4, -0.2) is 32.8 Å². The van der Waals surface area contributed by atoms with Crippen molar-refractivity contribution in [2.75, 3.05) is 23.7 Å². The Labute approximate surface area is 163 Å². The van der Waals surface area contributed by atoms with Crippen molar-refractivity contribution in [2.24, 2.45) is 0 Å². The molecule has 3 heterocycles. The topological polar surface area (TPSA) is 72.9 Å². The van der Waals surface area contributed by atoms with E-state index in [0.29, 0.717) is 6.04 Å². The Morgan fingerprint density at radius 2 is 1.75 bits per heavy atom. The Morgan fingerprint density at radius 1 is 0.929 bits per heavy atom. The molecule has 4 aromatic rings. The molecule has 28 heavy (non-hydrogen) atoms. The van der Waals surface area contributed by atoms with Gasteiger partial charge in [-0.2, -0.15) is 5.10 Å². The average molecular weight is 370 g/mol. The van der Waals surface area contributed by atoms with Crippen LogP contribution in [0.15, 0.2) is 67.1 Å². The standard InChI is InChI=1S/C22H22N6/c23-17-4-3-5-19(12-17)27-10-8-18(9-11-27)28-15-16(13-25-28)22-14-24-20-6-1-2-7-21(20)26-22/h1-7,12-15,18H,8-11,23H2. The lowest BCUT2D eigenvalue weighted by molar-refractivity contribution is 0.367. The van der Waals surface area contributed by atoms with Crippen LogP contribution in [0.25, 0.3) is 22.3 Å². The monoisotopic (exact) mass is 370 g/mol. The summed E-state index contributed by atoms with van der Waals surface area (Å²) in [5.74, 6) is 0. The number of aromatic nitrogens is 4. The summed E-state index contributed by atoms with van der Waals surface area (Å²) in [5.41, 5.74) is 11.6. The van der Waals surface area contributed by atoms with Crippen molar-refractivity contribution < 1.29 is 0 Å². The molecular weight excluding hydrogens is 348 g/mol. The smallest absolute Gasteiger partial charge is 0.0924 e. The Hall–Kier alpha value is -3.41. The van der Waals surface area contributed by atoms with Gasteiger partial charge in [-0.25, -0.2) is 4.98 Å². The molecule has 0 amide bonds. The molecule has 0 radical (unpaired) electrons. The van der Waals surface area contributed by atoms with Crippen LogP contribution in [0.3, 0.4) is 0 Å². The fourth-order valence-corrected chi connectivity index (χ4v) is 3.88. The van der Waals surface area contributed by atoms with Crippen molar-refractivity contribution in [1.82, 2.24) is 19.7 Å². The summed E-state index contributed by atoms with van der Waals surface area (Å²) in [4.78, 5) is 11.6. The van der Waals surface area contributed by atoms with Crippen LogP contribution in [0.4, 0.5) is 11.4 Å². The van der Waals surface area contributed by atoms with Gasteiger partial charge in [0.2, 0.25) is 0 Å². The molecule has 140 valence electrons. The fourth-order valence-electron chi connectivity index (χ4n) is 3.88. The number of nitrogen functional groups attached to an aromatic ring is 1. The largest absolute Gasteiger partial charge is 0.399 e. The summed E-state index contributed by atoms with van der Waals surface area (Å²) in [6.07, 6.45) is 7.92. The number of anilines is 2. The van der Waals surface area contributed by atoms with Gasteiger partial charge in [0.25, 0.3) is 0 Å². The summed E-state index contributed by atoms with van der Waals surface area (Å²) in [7, 11) is 0. The molecule has 1 saturated heterocycles. The van der Waals surface area contributed by atoms with E-state index in [-0.39, 0.29) is 0 Å². The van der Waals surface area contributed by atoms with E-state index in [2.05, 4.69) is 31.9 Å². The molecule has 0 unspecified atom stereocenters. The normalized spacial score (nSPS) is 15.2. The maximum Gasteiger partial charge on any atom is 0.0924 e. The molecule has 2 aromatic heterocycles. The van der Waals surface area contributed by atoms with Gasteiger partial charge in [0.05, 0.1) is 35.2 Å². The van der Waals surface area contributed by atoms with Crippen molar-refractivity contribution in [3.05, 3.63) is 67.1 Å². The van der Waals surface area contributed by atoms with Crippen molar-refractivity contribution in [2.45, 2.75) is 18.9 Å². The fraction of sp³-hybridized carbons (Fsp3) is 0.227. The number of nitrogens with zero attached hydrogens (tertiary/aromatic N) is 5. The van der Waals surface area contributed by atoms with Gasteiger partial charge in [-0.1, -0.05) is 18.2 Å². The second kappa shape index (κ2) is 6.96. The second-order valence-electron chi connectivity index (χ2n) is 7.27. The van der Waals surface area contributed by atoms with Crippen LogP contribution >= 0.6 is 0 Å². The van der Waals surface area contributed by atoms with Gasteiger partial charge in [0.15, 0.2) is 0 Å². The molecule has 0 bridgehead atoms. The van der Waals surface area contributed by atoms with E-state index in [4.69, 9.17) is 10.7 Å². The minimum atomic E-state index is 0.402. The van der Waals surface area contributed by atoms with E-state index in [1.165, 1.54) is 5.69 Å². The third kappa shape index (κ3) is 3.17. The third-order valence-corrected chi connectivity index (χ3v) is 5.42. The molecule has 1 fully saturated rings. The number of para-hydroxylation sites is 2. The zero-order chi connectivity index (χ0) is 18.9. The Balaban J connectivity index is 1.31. The predicted molar refractivity (Wildman–Crippen MR) is 112 cm³/mol. The van der Waals surface area contributed by atoms with Crippen LogP contribution in [0.2, 0.25) is 0 Å². The SMILES string of the molecule is Nc1cccc(N2CCC(n3cc(-c4cnc5ccccc5n4)cn3)CC2)c1. The van der Waals surface area contributed by atoms with Crippen LogP contribution in [0, 0.1) is 0 Å². The van der Waals surface area contributed by atoms with E-state index in [1.807, 2.05) is 54.9 Å². The summed E-state index contributed by atoms with van der Waals surface area (Å²) in [6, 6.07) is 16.4. The summed E-state index contributed by atoms with van der Waals surface area (Å²) in [5, 5.41) is 4.62. The minimum absolute atomic E-state index is 0.402. The molecule has 0 atom stereocenters. The van der Waals surface area contributed by atoms with Crippen molar-refractivity contribution in [3.63, 3.8) is 0 Å². The van der Waals surface area contributed by atoms with Gasteiger partial charge in [0.1, 0.15) is 0 Å². The lowest BCUT2D eigenvalue weighted by Crippen LogP contribution is -2.34. The molecule has 0 spiro atoms. The molecule has 0 aliphatic carbocycles. The minimum Gasteiger partial charge on any atom is -0.399 e. The van der Waals surface area contributed by atoms with Crippen molar-refractivity contribution >= 4 is 22.4 Å². The number of hydrogen-bond donors (Lipinski definition) is 1. The Bertz CT molecular complexity index is 1110. The lowest BCUT2D eigenvalue weighted by Gasteiger charge is -2.33. The van der Waals surface area contributed by atoms with Crippen LogP contribution < -0.4 is 10.6 Å². The summed E-state index contributed by atoms with van der Waals surface area (Å²) < 4.78 is 2.09. The molecule has 1 aliphatic heterocycles. The zero-order valence-corrected chi connectivity index (χ0v) is 15.6. The number of benzene rings is 2. The first kappa shape index (κ1) is 16.7. The molecule has 6 heteroatoms. The van der Waals surface area contributed by atoms with E-state index in [1.54, 1.807) is 0 Å². The van der Waals surface area contributed by atoms with Gasteiger partial charge >= 0.3 is 0 Å². The second-order valence-corrected chi connectivity index (χ2v) is 7.27. The maximum absolute atomic E-state index is 5.92. The van der Waals surface area contributed by atoms with Crippen LogP contribution in [-0.2, 0) is 0 Å². The molecule has 0 saturated carbocycles. The van der Waals surface area contributed by atoms with Gasteiger partial charge in [-0.15, -0.1) is 0 Å². The highest BCUT2D eigenvalue weighted by molar-refractivity contribution is 5.76. The number of hydrogen-bond acceptors (Lipinski definition) is 5. The molecule has 6 nitrogen and oxygen atoms in total. The first-order chi connectivity index (χ1) is 13.8. The number of piperidine rings is 1. The Morgan fingerprint density at radius 3 is 2.57 bits per heavy atom. The van der Waals surface area contributed by atoms with E-state index in [0.717, 1.165) is 53.9 Å². The average Bonchev–Trinajstić information content (AvgIpc) is 3.24. The van der Waals surface area contributed by atoms with Crippen molar-refractivity contribution in [1.29, 1.82) is 0 Å². The summed E-state index contributed by atoms with van der Waals surface area (Å²) >= 11 is 0. The first-order valence-electron chi connectivity index (χ1n) is 9.63. The molecule has 5 rings (SSSR count). The van der Waals surface area contributed by atoms with E-state index in [9.17, 15) is 0 Å². The molecule has 2 N–H and O–H groups in total. The molecule has 1 aliphatic rings. The summed E-state index contributed by atoms with van der Waals surface area (Å²) in [6.45, 7) is 2.00. The first-order valence-corrected chi connectivity index (χ1v) is 9.63. The van der Waals surface area contributed by atoms with Crippen LogP contribution in [0.5, 0.6) is 0 Å². The molecule has 2 aromatic carbocycles. The lowest BCUT2D eigenvalue weighted by atomic mass is 10.0. The van der Waals surface area contributed by atoms with Gasteiger partial charge in [0, 0.05) is 36.2 Å². The van der Waals surface area contributed by atoms with Gasteiger partial charge < -0.3 is 10.6 Å². The molecular formula is C22H22N6. The number of rotatable bonds is 3.